The van der Waals surface area contributed by atoms with Crippen molar-refractivity contribution < 1.29 is 0 Å². The molecule has 7 heteroatoms. The summed E-state index contributed by atoms with van der Waals surface area (Å²) in [6, 6.07) is 7.45. The van der Waals surface area contributed by atoms with Crippen molar-refractivity contribution in [3.8, 4) is 16.9 Å². The Morgan fingerprint density at radius 2 is 2.10 bits per heavy atom. The third-order valence-electron chi connectivity index (χ3n) is 2.85. The Morgan fingerprint density at radius 1 is 1.30 bits per heavy atom. The van der Waals surface area contributed by atoms with Crippen molar-refractivity contribution in [2.75, 3.05) is 5.73 Å². The van der Waals surface area contributed by atoms with Crippen LogP contribution >= 0.6 is 11.6 Å². The van der Waals surface area contributed by atoms with Crippen molar-refractivity contribution in [2.45, 2.75) is 0 Å². The van der Waals surface area contributed by atoms with Crippen molar-refractivity contribution in [3.05, 3.63) is 58.4 Å². The molecule has 20 heavy (non-hydrogen) atoms. The van der Waals surface area contributed by atoms with Crippen LogP contribution < -0.4 is 11.3 Å². The van der Waals surface area contributed by atoms with Gasteiger partial charge in [-0.25, -0.2) is 9.67 Å². The SMILES string of the molecule is Nc1ccccc1-c1cnn(-c2nc[nH]c(=O)c2Cl)c1. The lowest BCUT2D eigenvalue weighted by Gasteiger charge is -2.02. The van der Waals surface area contributed by atoms with Gasteiger partial charge in [0.15, 0.2) is 10.8 Å². The summed E-state index contributed by atoms with van der Waals surface area (Å²) in [4.78, 5) is 17.9. The maximum absolute atomic E-state index is 11.5. The summed E-state index contributed by atoms with van der Waals surface area (Å²) >= 11 is 5.92. The van der Waals surface area contributed by atoms with Crippen molar-refractivity contribution in [3.63, 3.8) is 0 Å². The minimum Gasteiger partial charge on any atom is -0.398 e. The lowest BCUT2D eigenvalue weighted by atomic mass is 10.1. The van der Waals surface area contributed by atoms with Crippen LogP contribution in [0.1, 0.15) is 0 Å². The topological polar surface area (TPSA) is 89.6 Å². The highest BCUT2D eigenvalue weighted by molar-refractivity contribution is 6.31. The molecular weight excluding hydrogens is 278 g/mol. The van der Waals surface area contributed by atoms with E-state index in [1.54, 1.807) is 12.4 Å². The predicted octanol–water partition coefficient (Wildman–Crippen LogP) is 1.86. The Morgan fingerprint density at radius 3 is 2.90 bits per heavy atom. The number of aromatic nitrogens is 4. The first-order chi connectivity index (χ1) is 9.66. The molecular formula is C13H10ClN5O. The number of hydrogen-bond donors (Lipinski definition) is 2. The van der Waals surface area contributed by atoms with Gasteiger partial charge in [0.05, 0.1) is 12.5 Å². The third kappa shape index (κ3) is 2.06. The van der Waals surface area contributed by atoms with E-state index < -0.39 is 5.56 Å². The molecule has 0 unspecified atom stereocenters. The number of benzene rings is 1. The Bertz CT molecular complexity index is 823. The van der Waals surface area contributed by atoms with Gasteiger partial charge in [-0.1, -0.05) is 29.8 Å². The molecule has 2 aromatic heterocycles. The van der Waals surface area contributed by atoms with E-state index >= 15 is 0 Å². The molecule has 0 radical (unpaired) electrons. The zero-order chi connectivity index (χ0) is 14.1. The van der Waals surface area contributed by atoms with Crippen molar-refractivity contribution in [1.82, 2.24) is 19.7 Å². The molecule has 0 saturated carbocycles. The van der Waals surface area contributed by atoms with Crippen molar-refractivity contribution in [1.29, 1.82) is 0 Å². The summed E-state index contributed by atoms with van der Waals surface area (Å²) in [5, 5.41) is 4.16. The number of anilines is 1. The Kier molecular flexibility index (Phi) is 3.00. The van der Waals surface area contributed by atoms with Gasteiger partial charge in [-0.15, -0.1) is 0 Å². The first-order valence-electron chi connectivity index (χ1n) is 5.80. The number of H-pyrrole nitrogens is 1. The molecule has 0 aliphatic rings. The molecule has 3 rings (SSSR count). The fraction of sp³-hybridized carbons (Fsp3) is 0. The van der Waals surface area contributed by atoms with Crippen LogP contribution in [-0.2, 0) is 0 Å². The first kappa shape index (κ1) is 12.4. The number of nitrogen functional groups attached to an aromatic ring is 1. The van der Waals surface area contributed by atoms with Gasteiger partial charge in [-0.2, -0.15) is 5.10 Å². The number of rotatable bonds is 2. The molecule has 3 N–H and O–H groups in total. The molecule has 0 aliphatic heterocycles. The van der Waals surface area contributed by atoms with Gasteiger partial charge in [-0.3, -0.25) is 4.79 Å². The molecule has 6 nitrogen and oxygen atoms in total. The summed E-state index contributed by atoms with van der Waals surface area (Å²) in [6.45, 7) is 0. The number of para-hydroxylation sites is 1. The normalized spacial score (nSPS) is 10.7. The molecule has 0 amide bonds. The first-order valence-corrected chi connectivity index (χ1v) is 6.17. The third-order valence-corrected chi connectivity index (χ3v) is 3.19. The van der Waals surface area contributed by atoms with Crippen LogP contribution in [0, 0.1) is 0 Å². The van der Waals surface area contributed by atoms with Crippen molar-refractivity contribution >= 4 is 17.3 Å². The highest BCUT2D eigenvalue weighted by Gasteiger charge is 2.11. The van der Waals surface area contributed by atoms with Gasteiger partial charge in [0.1, 0.15) is 0 Å². The molecule has 0 atom stereocenters. The van der Waals surface area contributed by atoms with E-state index in [-0.39, 0.29) is 10.8 Å². The standard InChI is InChI=1S/C13H10ClN5O/c14-11-12(16-7-17-13(11)20)19-6-8(5-18-19)9-3-1-2-4-10(9)15/h1-7H,15H2,(H,16,17,20). The molecule has 0 bridgehead atoms. The maximum atomic E-state index is 11.5. The second-order valence-corrected chi connectivity index (χ2v) is 4.51. The number of nitrogens with zero attached hydrogens (tertiary/aromatic N) is 3. The highest BCUT2D eigenvalue weighted by Crippen LogP contribution is 2.25. The lowest BCUT2D eigenvalue weighted by Crippen LogP contribution is -2.11. The summed E-state index contributed by atoms with van der Waals surface area (Å²) in [5.74, 6) is 0.274. The Hall–Kier alpha value is -2.60. The fourth-order valence-corrected chi connectivity index (χ4v) is 2.06. The monoisotopic (exact) mass is 287 g/mol. The Balaban J connectivity index is 2.09. The van der Waals surface area contributed by atoms with E-state index in [4.69, 9.17) is 17.3 Å². The predicted molar refractivity (Wildman–Crippen MR) is 76.8 cm³/mol. The molecule has 1 aromatic carbocycles. The van der Waals surface area contributed by atoms with Gasteiger partial charge in [-0.05, 0) is 6.07 Å². The second kappa shape index (κ2) is 4.82. The summed E-state index contributed by atoms with van der Waals surface area (Å²) in [7, 11) is 0. The molecule has 0 saturated heterocycles. The van der Waals surface area contributed by atoms with Crippen LogP contribution in [-0.4, -0.2) is 19.7 Å². The number of aromatic amines is 1. The van der Waals surface area contributed by atoms with Crippen LogP contribution in [0.4, 0.5) is 5.69 Å². The zero-order valence-corrected chi connectivity index (χ0v) is 11.0. The van der Waals surface area contributed by atoms with E-state index in [1.807, 2.05) is 24.3 Å². The number of nitrogens with one attached hydrogen (secondary N) is 1. The van der Waals surface area contributed by atoms with Crippen LogP contribution in [0.3, 0.4) is 0 Å². The van der Waals surface area contributed by atoms with Crippen LogP contribution in [0.5, 0.6) is 0 Å². The van der Waals surface area contributed by atoms with Gasteiger partial charge in [0.2, 0.25) is 0 Å². The average Bonchev–Trinajstić information content (AvgIpc) is 2.92. The van der Waals surface area contributed by atoms with Gasteiger partial charge in [0, 0.05) is 23.0 Å². The van der Waals surface area contributed by atoms with Crippen LogP contribution in [0.15, 0.2) is 47.8 Å². The smallest absolute Gasteiger partial charge is 0.271 e. The number of hydrogen-bond acceptors (Lipinski definition) is 4. The van der Waals surface area contributed by atoms with E-state index in [0.717, 1.165) is 11.1 Å². The van der Waals surface area contributed by atoms with E-state index in [1.165, 1.54) is 11.0 Å². The minimum absolute atomic E-state index is 0.0109. The summed E-state index contributed by atoms with van der Waals surface area (Å²) < 4.78 is 1.44. The summed E-state index contributed by atoms with van der Waals surface area (Å²) in [6.07, 6.45) is 4.64. The molecule has 0 spiro atoms. The number of halogens is 1. The molecule has 2 heterocycles. The van der Waals surface area contributed by atoms with E-state index in [2.05, 4.69) is 15.1 Å². The van der Waals surface area contributed by atoms with Gasteiger partial charge in [0.25, 0.3) is 5.56 Å². The molecule has 0 aliphatic carbocycles. The largest absolute Gasteiger partial charge is 0.398 e. The minimum atomic E-state index is -0.409. The van der Waals surface area contributed by atoms with E-state index in [0.29, 0.717) is 5.69 Å². The lowest BCUT2D eigenvalue weighted by molar-refractivity contribution is 0.835. The van der Waals surface area contributed by atoms with E-state index in [9.17, 15) is 4.79 Å². The fourth-order valence-electron chi connectivity index (χ4n) is 1.87. The van der Waals surface area contributed by atoms with Gasteiger partial charge < -0.3 is 10.7 Å². The quantitative estimate of drug-likeness (QED) is 0.704. The maximum Gasteiger partial charge on any atom is 0.271 e. The van der Waals surface area contributed by atoms with Crippen molar-refractivity contribution in [2.24, 2.45) is 0 Å². The molecule has 0 fully saturated rings. The molecule has 3 aromatic rings. The van der Waals surface area contributed by atoms with Gasteiger partial charge >= 0.3 is 0 Å². The second-order valence-electron chi connectivity index (χ2n) is 4.13. The highest BCUT2D eigenvalue weighted by atomic mass is 35.5. The molecule has 100 valence electrons. The average molecular weight is 288 g/mol. The van der Waals surface area contributed by atoms with Crippen LogP contribution in [0.25, 0.3) is 16.9 Å². The Labute approximate surface area is 118 Å². The van der Waals surface area contributed by atoms with Crippen LogP contribution in [0.2, 0.25) is 5.02 Å². The number of nitrogens with two attached hydrogens (primary N) is 1. The summed E-state index contributed by atoms with van der Waals surface area (Å²) in [5.41, 5.74) is 7.84. The zero-order valence-electron chi connectivity index (χ0n) is 10.2.